The van der Waals surface area contributed by atoms with Crippen LogP contribution in [0.1, 0.15) is 71.3 Å². The zero-order valence-electron chi connectivity index (χ0n) is 20.8. The van der Waals surface area contributed by atoms with Gasteiger partial charge in [-0.25, -0.2) is 0 Å². The number of carbonyl (C=O) groups excluding carboxylic acids is 2. The van der Waals surface area contributed by atoms with Crippen LogP contribution in [0.15, 0.2) is 35.9 Å². The molecule has 5 rings (SSSR count). The van der Waals surface area contributed by atoms with E-state index in [2.05, 4.69) is 19.2 Å². The molecule has 0 saturated heterocycles. The minimum atomic E-state index is -4.60. The Morgan fingerprint density at radius 1 is 1.09 bits per heavy atom. The number of nitrogens with zero attached hydrogens (tertiary/aromatic N) is 1. The highest BCUT2D eigenvalue weighted by Gasteiger charge is 2.59. The van der Waals surface area contributed by atoms with Gasteiger partial charge in [0.2, 0.25) is 0 Å². The molecule has 2 amide bonds. The lowest BCUT2D eigenvalue weighted by atomic mass is 9.48. The van der Waals surface area contributed by atoms with Crippen LogP contribution in [0.3, 0.4) is 0 Å². The standard InChI is InChI=1S/C28H35F3N2O2/c1-4-33-23-12-11-17-19-9-7-14-26(19,2)15-13-20(17)27(23,3)16-18(25(33)35)24(34)32-22-10-6-5-8-21(22)28(29,30)31/h5-6,8,10,16-17,19-20,23H,4,7,9,11-15H2,1-3H3,(H,32,34)/t17-,19-,20+,23?,26-,27+/m0/s1. The van der Waals surface area contributed by atoms with Crippen LogP contribution in [-0.4, -0.2) is 29.3 Å². The van der Waals surface area contributed by atoms with Crippen molar-refractivity contribution in [2.45, 2.75) is 77.9 Å². The summed E-state index contributed by atoms with van der Waals surface area (Å²) in [5, 5.41) is 2.41. The van der Waals surface area contributed by atoms with Crippen LogP contribution in [0.4, 0.5) is 18.9 Å². The Morgan fingerprint density at radius 2 is 1.83 bits per heavy atom. The summed E-state index contributed by atoms with van der Waals surface area (Å²) in [6.07, 6.45) is 5.28. The number of amides is 2. The number of hydrogen-bond acceptors (Lipinski definition) is 2. The molecule has 1 unspecified atom stereocenters. The summed E-state index contributed by atoms with van der Waals surface area (Å²) in [5.74, 6) is 0.474. The van der Waals surface area contributed by atoms with Gasteiger partial charge in [0.1, 0.15) is 5.57 Å². The Kier molecular flexibility index (Phi) is 5.84. The highest BCUT2D eigenvalue weighted by molar-refractivity contribution is 6.23. The SMILES string of the molecule is CCN1C(=O)C(C(=O)Nc2ccccc2C(F)(F)F)=C[C@@]2(C)C1CC[C@@H]1[C@H]2CC[C@]2(C)CCC[C@@H]12. The van der Waals surface area contributed by atoms with Gasteiger partial charge in [-0.15, -0.1) is 0 Å². The summed E-state index contributed by atoms with van der Waals surface area (Å²) in [4.78, 5) is 28.6. The minimum absolute atomic E-state index is 0.0195. The fraction of sp³-hybridized carbons (Fsp3) is 0.643. The van der Waals surface area contributed by atoms with E-state index in [1.54, 1.807) is 4.90 Å². The maximum absolute atomic E-state index is 13.5. The zero-order chi connectivity index (χ0) is 25.2. The third-order valence-electron chi connectivity index (χ3n) is 9.90. The maximum atomic E-state index is 13.5. The lowest BCUT2D eigenvalue weighted by Gasteiger charge is -2.60. The molecule has 4 nitrogen and oxygen atoms in total. The van der Waals surface area contributed by atoms with Crippen molar-refractivity contribution in [3.05, 3.63) is 41.5 Å². The third-order valence-corrected chi connectivity index (χ3v) is 9.90. The molecule has 0 bridgehead atoms. The number of carbonyl (C=O) groups is 2. The van der Waals surface area contributed by atoms with Gasteiger partial charge in [-0.3, -0.25) is 9.59 Å². The Hall–Kier alpha value is -2.31. The van der Waals surface area contributed by atoms with Crippen LogP contribution in [0.5, 0.6) is 0 Å². The van der Waals surface area contributed by atoms with Gasteiger partial charge >= 0.3 is 6.18 Å². The molecule has 0 radical (unpaired) electrons. The molecule has 1 aromatic rings. The van der Waals surface area contributed by atoms with Crippen molar-refractivity contribution in [2.75, 3.05) is 11.9 Å². The first-order valence-electron chi connectivity index (χ1n) is 13.0. The van der Waals surface area contributed by atoms with E-state index in [-0.39, 0.29) is 28.6 Å². The monoisotopic (exact) mass is 488 g/mol. The van der Waals surface area contributed by atoms with Gasteiger partial charge in [-0.2, -0.15) is 13.2 Å². The van der Waals surface area contributed by atoms with Gasteiger partial charge < -0.3 is 10.2 Å². The van der Waals surface area contributed by atoms with Crippen LogP contribution in [0.25, 0.3) is 0 Å². The number of fused-ring (bicyclic) bond motifs is 5. The molecular formula is C28H35F3N2O2. The highest BCUT2D eigenvalue weighted by Crippen LogP contribution is 2.64. The van der Waals surface area contributed by atoms with Crippen molar-refractivity contribution in [3.63, 3.8) is 0 Å². The summed E-state index contributed by atoms with van der Waals surface area (Å²) in [6, 6.07) is 4.93. The van der Waals surface area contributed by atoms with E-state index in [4.69, 9.17) is 0 Å². The van der Waals surface area contributed by atoms with Crippen LogP contribution in [0, 0.1) is 28.6 Å². The summed E-state index contributed by atoms with van der Waals surface area (Å²) >= 11 is 0. The Bertz CT molecular complexity index is 1070. The molecule has 3 aliphatic carbocycles. The van der Waals surface area contributed by atoms with Crippen molar-refractivity contribution < 1.29 is 22.8 Å². The maximum Gasteiger partial charge on any atom is 0.418 e. The van der Waals surface area contributed by atoms with E-state index in [1.807, 2.05) is 13.0 Å². The largest absolute Gasteiger partial charge is 0.418 e. The fourth-order valence-corrected chi connectivity index (χ4v) is 8.28. The molecule has 1 aliphatic heterocycles. The Morgan fingerprint density at radius 3 is 2.54 bits per heavy atom. The number of nitrogens with one attached hydrogen (secondary N) is 1. The van der Waals surface area contributed by atoms with Gasteiger partial charge in [-0.1, -0.05) is 38.5 Å². The second-order valence-corrected chi connectivity index (χ2v) is 11.6. The highest BCUT2D eigenvalue weighted by atomic mass is 19.4. The first kappa shape index (κ1) is 24.4. The van der Waals surface area contributed by atoms with Crippen molar-refractivity contribution in [2.24, 2.45) is 28.6 Å². The Labute approximate surface area is 205 Å². The second-order valence-electron chi connectivity index (χ2n) is 11.6. The van der Waals surface area contributed by atoms with E-state index in [0.29, 0.717) is 29.7 Å². The number of anilines is 1. The van der Waals surface area contributed by atoms with E-state index in [1.165, 1.54) is 37.5 Å². The van der Waals surface area contributed by atoms with Crippen molar-refractivity contribution in [1.29, 1.82) is 0 Å². The van der Waals surface area contributed by atoms with E-state index in [0.717, 1.165) is 31.7 Å². The average Bonchev–Trinajstić information content (AvgIpc) is 3.20. The Balaban J connectivity index is 1.51. The molecule has 35 heavy (non-hydrogen) atoms. The third kappa shape index (κ3) is 3.80. The van der Waals surface area contributed by atoms with Crippen LogP contribution >= 0.6 is 0 Å². The van der Waals surface area contributed by atoms with Crippen LogP contribution in [-0.2, 0) is 15.8 Å². The summed E-state index contributed by atoms with van der Waals surface area (Å²) in [5.41, 5.74) is -1.24. The van der Waals surface area contributed by atoms with E-state index < -0.39 is 17.6 Å². The number of hydrogen-bond donors (Lipinski definition) is 1. The first-order chi connectivity index (χ1) is 16.5. The van der Waals surface area contributed by atoms with Gasteiger partial charge in [0.05, 0.1) is 11.3 Å². The molecule has 4 aliphatic rings. The smallest absolute Gasteiger partial charge is 0.335 e. The van der Waals surface area contributed by atoms with Gasteiger partial charge in [0.25, 0.3) is 11.8 Å². The summed E-state index contributed by atoms with van der Waals surface area (Å²) in [7, 11) is 0. The number of rotatable bonds is 3. The normalized spacial score (nSPS) is 36.7. The summed E-state index contributed by atoms with van der Waals surface area (Å²) < 4.78 is 40.5. The lowest BCUT2D eigenvalue weighted by Crippen LogP contribution is -2.61. The van der Waals surface area contributed by atoms with Crippen LogP contribution < -0.4 is 5.32 Å². The number of benzene rings is 1. The number of para-hydroxylation sites is 1. The topological polar surface area (TPSA) is 49.4 Å². The molecule has 1 aromatic carbocycles. The molecule has 1 heterocycles. The second kappa shape index (κ2) is 8.38. The average molecular weight is 489 g/mol. The molecule has 7 heteroatoms. The molecule has 0 aromatic heterocycles. The molecule has 0 spiro atoms. The van der Waals surface area contributed by atoms with Crippen molar-refractivity contribution in [3.8, 4) is 0 Å². The molecule has 1 N–H and O–H groups in total. The predicted octanol–water partition coefficient (Wildman–Crippen LogP) is 6.43. The lowest BCUT2D eigenvalue weighted by molar-refractivity contribution is -0.143. The predicted molar refractivity (Wildman–Crippen MR) is 128 cm³/mol. The number of alkyl halides is 3. The van der Waals surface area contributed by atoms with Crippen LogP contribution in [0.2, 0.25) is 0 Å². The summed E-state index contributed by atoms with van der Waals surface area (Å²) in [6.45, 7) is 7.00. The number of halogens is 3. The van der Waals surface area contributed by atoms with Crippen molar-refractivity contribution in [1.82, 2.24) is 4.90 Å². The molecular weight excluding hydrogens is 453 g/mol. The van der Waals surface area contributed by atoms with Gasteiger partial charge in [-0.05, 0) is 80.8 Å². The van der Waals surface area contributed by atoms with E-state index >= 15 is 0 Å². The number of likely N-dealkylation sites (N-methyl/N-ethyl adjacent to an activating group) is 1. The molecule has 6 atom stereocenters. The van der Waals surface area contributed by atoms with Crippen molar-refractivity contribution >= 4 is 17.5 Å². The van der Waals surface area contributed by atoms with Gasteiger partial charge in [0.15, 0.2) is 0 Å². The zero-order valence-corrected chi connectivity index (χ0v) is 20.8. The van der Waals surface area contributed by atoms with Gasteiger partial charge in [0, 0.05) is 18.0 Å². The fourth-order valence-electron chi connectivity index (χ4n) is 8.28. The molecule has 190 valence electrons. The molecule has 3 saturated carbocycles. The quantitative estimate of drug-likeness (QED) is 0.498. The van der Waals surface area contributed by atoms with E-state index in [9.17, 15) is 22.8 Å². The minimum Gasteiger partial charge on any atom is -0.335 e. The molecule has 3 fully saturated rings. The first-order valence-corrected chi connectivity index (χ1v) is 13.0.